The predicted molar refractivity (Wildman–Crippen MR) is 52.9 cm³/mol. The zero-order valence-electron chi connectivity index (χ0n) is 8.77. The molecule has 80 valence electrons. The first-order chi connectivity index (χ1) is 6.49. The maximum absolute atomic E-state index is 11.7. The lowest BCUT2D eigenvalue weighted by atomic mass is 10.2. The van der Waals surface area contributed by atoms with E-state index in [2.05, 4.69) is 5.16 Å². The third-order valence-electron chi connectivity index (χ3n) is 2.90. The van der Waals surface area contributed by atoms with Crippen molar-refractivity contribution in [1.29, 1.82) is 0 Å². The molecule has 1 fully saturated rings. The van der Waals surface area contributed by atoms with E-state index in [0.717, 1.165) is 6.42 Å². The number of likely N-dealkylation sites (N-methyl/N-ethyl adjacent to an activating group) is 1. The van der Waals surface area contributed by atoms with Crippen LogP contribution in [0.4, 0.5) is 0 Å². The molecule has 0 aliphatic heterocycles. The molecule has 3 N–H and O–H groups in total. The van der Waals surface area contributed by atoms with Crippen LogP contribution in [0.1, 0.15) is 20.3 Å². The van der Waals surface area contributed by atoms with Crippen molar-refractivity contribution in [2.45, 2.75) is 26.3 Å². The molecule has 0 radical (unpaired) electrons. The normalized spacial score (nSPS) is 28.4. The first-order valence-corrected chi connectivity index (χ1v) is 4.73. The standard InChI is InChI=1S/C9H17N3O2/c1-5-4-7(5)9(13)12(3)6(2)8(10)11-14/h5-7,14H,4H2,1-3H3,(H2,10,11). The fourth-order valence-electron chi connectivity index (χ4n) is 1.40. The van der Waals surface area contributed by atoms with E-state index < -0.39 is 0 Å². The molecule has 1 amide bonds. The molecule has 0 saturated heterocycles. The number of carbonyl (C=O) groups is 1. The summed E-state index contributed by atoms with van der Waals surface area (Å²) >= 11 is 0. The fraction of sp³-hybridized carbons (Fsp3) is 0.778. The highest BCUT2D eigenvalue weighted by molar-refractivity contribution is 5.90. The van der Waals surface area contributed by atoms with Crippen LogP contribution >= 0.6 is 0 Å². The second-order valence-electron chi connectivity index (χ2n) is 3.97. The third-order valence-corrected chi connectivity index (χ3v) is 2.90. The van der Waals surface area contributed by atoms with Gasteiger partial charge in [0.05, 0.1) is 6.04 Å². The molecule has 3 atom stereocenters. The average Bonchev–Trinajstić information content (AvgIpc) is 2.90. The molecule has 5 nitrogen and oxygen atoms in total. The molecule has 0 aromatic rings. The SMILES string of the molecule is CC1CC1C(=O)N(C)C(C)C(N)=NO. The van der Waals surface area contributed by atoms with Crippen LogP contribution in [0, 0.1) is 11.8 Å². The monoisotopic (exact) mass is 199 g/mol. The van der Waals surface area contributed by atoms with Gasteiger partial charge in [-0.15, -0.1) is 0 Å². The molecule has 0 aromatic carbocycles. The quantitative estimate of drug-likeness (QED) is 0.296. The van der Waals surface area contributed by atoms with Crippen molar-refractivity contribution in [3.63, 3.8) is 0 Å². The Morgan fingerprint density at radius 3 is 2.57 bits per heavy atom. The Hall–Kier alpha value is -1.26. The minimum atomic E-state index is -0.347. The number of oxime groups is 1. The number of hydrogen-bond donors (Lipinski definition) is 2. The zero-order valence-corrected chi connectivity index (χ0v) is 8.77. The van der Waals surface area contributed by atoms with Crippen LogP contribution in [0.5, 0.6) is 0 Å². The second kappa shape index (κ2) is 3.86. The topological polar surface area (TPSA) is 78.9 Å². The molecule has 1 rings (SSSR count). The average molecular weight is 199 g/mol. The summed E-state index contributed by atoms with van der Waals surface area (Å²) in [7, 11) is 1.68. The number of rotatable bonds is 3. The van der Waals surface area contributed by atoms with Crippen LogP contribution in [0.15, 0.2) is 5.16 Å². The lowest BCUT2D eigenvalue weighted by Gasteiger charge is -2.23. The number of amidine groups is 1. The number of carbonyl (C=O) groups excluding carboxylic acids is 1. The van der Waals surface area contributed by atoms with Gasteiger partial charge in [-0.05, 0) is 19.3 Å². The van der Waals surface area contributed by atoms with E-state index >= 15 is 0 Å². The Morgan fingerprint density at radius 2 is 2.21 bits per heavy atom. The summed E-state index contributed by atoms with van der Waals surface area (Å²) in [4.78, 5) is 13.2. The Labute approximate surface area is 83.6 Å². The van der Waals surface area contributed by atoms with Crippen molar-refractivity contribution in [1.82, 2.24) is 4.90 Å². The molecular formula is C9H17N3O2. The summed E-state index contributed by atoms with van der Waals surface area (Å²) in [6, 6.07) is -0.347. The summed E-state index contributed by atoms with van der Waals surface area (Å²) in [5, 5.41) is 11.4. The van der Waals surface area contributed by atoms with Crippen LogP contribution in [0.25, 0.3) is 0 Å². The van der Waals surface area contributed by atoms with E-state index in [9.17, 15) is 4.79 Å². The molecule has 0 heterocycles. The highest BCUT2D eigenvalue weighted by Crippen LogP contribution is 2.39. The van der Waals surface area contributed by atoms with Gasteiger partial charge in [0.25, 0.3) is 0 Å². The summed E-state index contributed by atoms with van der Waals surface area (Å²) in [5.74, 6) is 0.754. The lowest BCUT2D eigenvalue weighted by molar-refractivity contribution is -0.132. The lowest BCUT2D eigenvalue weighted by Crippen LogP contribution is -2.44. The number of amides is 1. The van der Waals surface area contributed by atoms with Crippen LogP contribution in [0.2, 0.25) is 0 Å². The van der Waals surface area contributed by atoms with Crippen molar-refractivity contribution in [3.05, 3.63) is 0 Å². The van der Waals surface area contributed by atoms with E-state index in [-0.39, 0.29) is 23.7 Å². The summed E-state index contributed by atoms with van der Waals surface area (Å²) < 4.78 is 0. The first-order valence-electron chi connectivity index (χ1n) is 4.73. The van der Waals surface area contributed by atoms with E-state index in [0.29, 0.717) is 5.92 Å². The van der Waals surface area contributed by atoms with Crippen molar-refractivity contribution < 1.29 is 10.0 Å². The number of hydrogen-bond acceptors (Lipinski definition) is 3. The smallest absolute Gasteiger partial charge is 0.226 e. The second-order valence-corrected chi connectivity index (χ2v) is 3.97. The molecule has 0 aromatic heterocycles. The molecule has 0 bridgehead atoms. The van der Waals surface area contributed by atoms with Crippen LogP contribution in [0.3, 0.4) is 0 Å². The Morgan fingerprint density at radius 1 is 1.71 bits per heavy atom. The summed E-state index contributed by atoms with van der Waals surface area (Å²) in [6.07, 6.45) is 0.950. The van der Waals surface area contributed by atoms with Gasteiger partial charge in [0.1, 0.15) is 0 Å². The molecule has 1 aliphatic rings. The Bertz CT molecular complexity index is 265. The van der Waals surface area contributed by atoms with E-state index in [4.69, 9.17) is 10.9 Å². The predicted octanol–water partition coefficient (Wildman–Crippen LogP) is 0.236. The van der Waals surface area contributed by atoms with Gasteiger partial charge in [-0.2, -0.15) is 0 Å². The third kappa shape index (κ3) is 1.97. The fourth-order valence-corrected chi connectivity index (χ4v) is 1.40. The maximum atomic E-state index is 11.7. The highest BCUT2D eigenvalue weighted by Gasteiger charge is 2.41. The van der Waals surface area contributed by atoms with Crippen molar-refractivity contribution >= 4 is 11.7 Å². The molecule has 1 saturated carbocycles. The molecule has 14 heavy (non-hydrogen) atoms. The number of nitrogens with zero attached hydrogens (tertiary/aromatic N) is 2. The van der Waals surface area contributed by atoms with E-state index in [1.54, 1.807) is 14.0 Å². The molecule has 1 aliphatic carbocycles. The number of nitrogens with two attached hydrogens (primary N) is 1. The van der Waals surface area contributed by atoms with Crippen molar-refractivity contribution in [3.8, 4) is 0 Å². The van der Waals surface area contributed by atoms with Gasteiger partial charge >= 0.3 is 0 Å². The van der Waals surface area contributed by atoms with Crippen molar-refractivity contribution in [2.24, 2.45) is 22.7 Å². The van der Waals surface area contributed by atoms with Gasteiger partial charge in [-0.25, -0.2) is 0 Å². The van der Waals surface area contributed by atoms with Crippen LogP contribution in [-0.2, 0) is 4.79 Å². The van der Waals surface area contributed by atoms with Gasteiger partial charge in [-0.3, -0.25) is 4.79 Å². The summed E-state index contributed by atoms with van der Waals surface area (Å²) in [5.41, 5.74) is 5.42. The molecule has 3 unspecified atom stereocenters. The molecular weight excluding hydrogens is 182 g/mol. The maximum Gasteiger partial charge on any atom is 0.226 e. The van der Waals surface area contributed by atoms with E-state index in [1.807, 2.05) is 6.92 Å². The largest absolute Gasteiger partial charge is 0.409 e. The Balaban J connectivity index is 2.56. The molecule has 5 heteroatoms. The van der Waals surface area contributed by atoms with Crippen LogP contribution in [-0.4, -0.2) is 34.9 Å². The van der Waals surface area contributed by atoms with Gasteiger partial charge < -0.3 is 15.8 Å². The minimum absolute atomic E-state index is 0.0640. The van der Waals surface area contributed by atoms with Crippen LogP contribution < -0.4 is 5.73 Å². The first kappa shape index (κ1) is 10.8. The summed E-state index contributed by atoms with van der Waals surface area (Å²) in [6.45, 7) is 3.78. The highest BCUT2D eigenvalue weighted by atomic mass is 16.4. The van der Waals surface area contributed by atoms with E-state index in [1.165, 1.54) is 4.90 Å². The van der Waals surface area contributed by atoms with Gasteiger partial charge in [0.15, 0.2) is 5.84 Å². The Kier molecular flexibility index (Phi) is 2.98. The minimum Gasteiger partial charge on any atom is -0.409 e. The van der Waals surface area contributed by atoms with Gasteiger partial charge in [0.2, 0.25) is 5.91 Å². The van der Waals surface area contributed by atoms with Gasteiger partial charge in [-0.1, -0.05) is 12.1 Å². The van der Waals surface area contributed by atoms with Gasteiger partial charge in [0, 0.05) is 13.0 Å². The molecule has 0 spiro atoms. The zero-order chi connectivity index (χ0) is 10.9. The van der Waals surface area contributed by atoms with Crippen molar-refractivity contribution in [2.75, 3.05) is 7.05 Å².